The van der Waals surface area contributed by atoms with Crippen LogP contribution in [-0.2, 0) is 4.74 Å². The molecule has 2 N–H and O–H groups in total. The maximum absolute atomic E-state index is 5.75. The predicted molar refractivity (Wildman–Crippen MR) is 48.0 cm³/mol. The van der Waals surface area contributed by atoms with Crippen LogP contribution in [0.1, 0.15) is 19.3 Å². The number of nitrogens with two attached hydrogens (primary N) is 1. The molecule has 1 saturated carbocycles. The highest BCUT2D eigenvalue weighted by atomic mass is 16.5. The fourth-order valence-corrected chi connectivity index (χ4v) is 2.15. The number of nitrogens with zero attached hydrogens (tertiary/aromatic N) is 1. The third-order valence-electron chi connectivity index (χ3n) is 3.36. The smallest absolute Gasteiger partial charge is 0.0710 e. The summed E-state index contributed by atoms with van der Waals surface area (Å²) in [4.78, 5) is 2.52. The molecule has 1 heterocycles. The lowest BCUT2D eigenvalue weighted by Crippen LogP contribution is -2.41. The Kier molecular flexibility index (Phi) is 2.10. The highest BCUT2D eigenvalue weighted by Gasteiger charge is 2.48. The van der Waals surface area contributed by atoms with Gasteiger partial charge < -0.3 is 10.5 Å². The zero-order valence-electron chi connectivity index (χ0n) is 7.75. The number of hydrogen-bond acceptors (Lipinski definition) is 3. The lowest BCUT2D eigenvalue weighted by molar-refractivity contribution is 0.0985. The van der Waals surface area contributed by atoms with Crippen LogP contribution in [-0.4, -0.2) is 43.3 Å². The van der Waals surface area contributed by atoms with Gasteiger partial charge in [0, 0.05) is 32.3 Å². The Bertz CT molecular complexity index is 168. The lowest BCUT2D eigenvalue weighted by Gasteiger charge is -2.25. The highest BCUT2D eigenvalue weighted by molar-refractivity contribution is 5.06. The van der Waals surface area contributed by atoms with Gasteiger partial charge in [0.15, 0.2) is 0 Å². The van der Waals surface area contributed by atoms with Crippen molar-refractivity contribution < 1.29 is 4.74 Å². The van der Waals surface area contributed by atoms with Crippen molar-refractivity contribution in [2.75, 3.05) is 26.7 Å². The standard InChI is InChI=1S/C9H18N2O/c1-12-8-2-5-11(6-8)9(7-10)3-4-9/h8H,2-7,10H2,1H3. The molecule has 1 saturated heterocycles. The molecule has 12 heavy (non-hydrogen) atoms. The van der Waals surface area contributed by atoms with Crippen molar-refractivity contribution in [3.8, 4) is 0 Å². The third kappa shape index (κ3) is 1.26. The molecule has 2 rings (SSSR count). The van der Waals surface area contributed by atoms with Crippen molar-refractivity contribution >= 4 is 0 Å². The molecule has 1 aliphatic carbocycles. The Labute approximate surface area is 73.9 Å². The lowest BCUT2D eigenvalue weighted by atomic mass is 10.2. The Morgan fingerprint density at radius 1 is 1.58 bits per heavy atom. The summed E-state index contributed by atoms with van der Waals surface area (Å²) < 4.78 is 5.33. The van der Waals surface area contributed by atoms with E-state index in [2.05, 4.69) is 4.90 Å². The van der Waals surface area contributed by atoms with Crippen LogP contribution in [0, 0.1) is 0 Å². The van der Waals surface area contributed by atoms with E-state index in [1.165, 1.54) is 25.8 Å². The molecule has 3 heteroatoms. The fraction of sp³-hybridized carbons (Fsp3) is 1.00. The van der Waals surface area contributed by atoms with E-state index in [4.69, 9.17) is 10.5 Å². The summed E-state index contributed by atoms with van der Waals surface area (Å²) in [5.41, 5.74) is 6.14. The van der Waals surface area contributed by atoms with Crippen LogP contribution in [0.4, 0.5) is 0 Å². The van der Waals surface area contributed by atoms with Gasteiger partial charge in [0.05, 0.1) is 6.10 Å². The van der Waals surface area contributed by atoms with Gasteiger partial charge in [0.25, 0.3) is 0 Å². The van der Waals surface area contributed by atoms with Crippen LogP contribution < -0.4 is 5.73 Å². The van der Waals surface area contributed by atoms with Gasteiger partial charge >= 0.3 is 0 Å². The van der Waals surface area contributed by atoms with Gasteiger partial charge in [0.1, 0.15) is 0 Å². The molecule has 0 amide bonds. The highest BCUT2D eigenvalue weighted by Crippen LogP contribution is 2.42. The van der Waals surface area contributed by atoms with E-state index >= 15 is 0 Å². The quantitative estimate of drug-likeness (QED) is 0.657. The first-order valence-corrected chi connectivity index (χ1v) is 4.79. The Morgan fingerprint density at radius 3 is 2.75 bits per heavy atom. The van der Waals surface area contributed by atoms with Crippen molar-refractivity contribution in [3.05, 3.63) is 0 Å². The average Bonchev–Trinajstić information content (AvgIpc) is 2.77. The second-order valence-corrected chi connectivity index (χ2v) is 4.02. The molecule has 0 spiro atoms. The van der Waals surface area contributed by atoms with E-state index in [0.29, 0.717) is 11.6 Å². The van der Waals surface area contributed by atoms with E-state index in [0.717, 1.165) is 13.1 Å². The molecule has 2 fully saturated rings. The second kappa shape index (κ2) is 2.98. The van der Waals surface area contributed by atoms with Gasteiger partial charge in [-0.2, -0.15) is 0 Å². The molecule has 3 nitrogen and oxygen atoms in total. The fourth-order valence-electron chi connectivity index (χ4n) is 2.15. The summed E-state index contributed by atoms with van der Waals surface area (Å²) >= 11 is 0. The monoisotopic (exact) mass is 170 g/mol. The average molecular weight is 170 g/mol. The molecule has 1 atom stereocenters. The molecule has 70 valence electrons. The summed E-state index contributed by atoms with van der Waals surface area (Å²) in [6, 6.07) is 0. The Balaban J connectivity index is 1.90. The van der Waals surface area contributed by atoms with Crippen molar-refractivity contribution in [1.29, 1.82) is 0 Å². The molecule has 1 aliphatic heterocycles. The number of likely N-dealkylation sites (tertiary alicyclic amines) is 1. The molecule has 1 unspecified atom stereocenters. The van der Waals surface area contributed by atoms with Crippen molar-refractivity contribution in [2.45, 2.75) is 30.9 Å². The number of methoxy groups -OCH3 is 1. The van der Waals surface area contributed by atoms with Gasteiger partial charge in [-0.15, -0.1) is 0 Å². The summed E-state index contributed by atoms with van der Waals surface area (Å²) in [6.07, 6.45) is 4.21. The summed E-state index contributed by atoms with van der Waals surface area (Å²) in [6.45, 7) is 3.09. The number of hydrogen-bond donors (Lipinski definition) is 1. The van der Waals surface area contributed by atoms with Crippen LogP contribution in [0.15, 0.2) is 0 Å². The molecule has 0 bridgehead atoms. The largest absolute Gasteiger partial charge is 0.380 e. The maximum Gasteiger partial charge on any atom is 0.0710 e. The molecule has 0 aromatic rings. The summed E-state index contributed by atoms with van der Waals surface area (Å²) in [5.74, 6) is 0. The van der Waals surface area contributed by atoms with Crippen LogP contribution >= 0.6 is 0 Å². The van der Waals surface area contributed by atoms with Crippen molar-refractivity contribution in [1.82, 2.24) is 4.90 Å². The molecule has 0 radical (unpaired) electrons. The Morgan fingerprint density at radius 2 is 2.33 bits per heavy atom. The first kappa shape index (κ1) is 8.48. The predicted octanol–water partition coefficient (Wildman–Crippen LogP) is 0.198. The van der Waals surface area contributed by atoms with Gasteiger partial charge in [-0.05, 0) is 19.3 Å². The van der Waals surface area contributed by atoms with E-state index in [1.54, 1.807) is 7.11 Å². The second-order valence-electron chi connectivity index (χ2n) is 4.02. The third-order valence-corrected chi connectivity index (χ3v) is 3.36. The first-order valence-electron chi connectivity index (χ1n) is 4.79. The van der Waals surface area contributed by atoms with Gasteiger partial charge in [0.2, 0.25) is 0 Å². The van der Waals surface area contributed by atoms with Crippen LogP contribution in [0.5, 0.6) is 0 Å². The topological polar surface area (TPSA) is 38.5 Å². The molecular formula is C9H18N2O. The minimum Gasteiger partial charge on any atom is -0.380 e. The van der Waals surface area contributed by atoms with Crippen molar-refractivity contribution in [2.24, 2.45) is 5.73 Å². The number of rotatable bonds is 3. The minimum atomic E-state index is 0.382. The molecular weight excluding hydrogens is 152 g/mol. The van der Waals surface area contributed by atoms with Gasteiger partial charge in [-0.1, -0.05) is 0 Å². The van der Waals surface area contributed by atoms with E-state index < -0.39 is 0 Å². The Hall–Kier alpha value is -0.120. The van der Waals surface area contributed by atoms with Crippen LogP contribution in [0.25, 0.3) is 0 Å². The first-order chi connectivity index (χ1) is 5.80. The molecule has 0 aromatic carbocycles. The summed E-state index contributed by atoms with van der Waals surface area (Å²) in [7, 11) is 1.80. The SMILES string of the molecule is COC1CCN(C2(CN)CC2)C1. The van der Waals surface area contributed by atoms with Gasteiger partial charge in [-0.3, -0.25) is 4.90 Å². The number of ether oxygens (including phenoxy) is 1. The molecule has 0 aromatic heterocycles. The zero-order valence-corrected chi connectivity index (χ0v) is 7.75. The summed E-state index contributed by atoms with van der Waals surface area (Å²) in [5, 5.41) is 0. The maximum atomic E-state index is 5.75. The van der Waals surface area contributed by atoms with Crippen LogP contribution in [0.3, 0.4) is 0 Å². The van der Waals surface area contributed by atoms with E-state index in [9.17, 15) is 0 Å². The van der Waals surface area contributed by atoms with Crippen molar-refractivity contribution in [3.63, 3.8) is 0 Å². The van der Waals surface area contributed by atoms with E-state index in [1.807, 2.05) is 0 Å². The molecule has 2 aliphatic rings. The minimum absolute atomic E-state index is 0.382. The van der Waals surface area contributed by atoms with E-state index in [-0.39, 0.29) is 0 Å². The zero-order chi connectivity index (χ0) is 8.60. The van der Waals surface area contributed by atoms with Gasteiger partial charge in [-0.25, -0.2) is 0 Å². The normalized spacial score (nSPS) is 34.0. The van der Waals surface area contributed by atoms with Crippen LogP contribution in [0.2, 0.25) is 0 Å².